The number of unbranched alkanes of at least 4 members (excludes halogenated alkanes) is 1. The third-order valence-corrected chi connectivity index (χ3v) is 3.63. The molecule has 0 aromatic rings. The summed E-state index contributed by atoms with van der Waals surface area (Å²) in [6, 6.07) is 0.137. The summed E-state index contributed by atoms with van der Waals surface area (Å²) < 4.78 is 0. The van der Waals surface area contributed by atoms with Crippen molar-refractivity contribution in [2.45, 2.75) is 52.5 Å². The number of nitrogens with zero attached hydrogens (tertiary/aromatic N) is 1. The van der Waals surface area contributed by atoms with Gasteiger partial charge in [-0.25, -0.2) is 0 Å². The first-order valence-electron chi connectivity index (χ1n) is 6.58. The molecule has 0 rings (SSSR count). The lowest BCUT2D eigenvalue weighted by atomic mass is 10.2. The van der Waals surface area contributed by atoms with E-state index in [-0.39, 0.29) is 18.4 Å². The quantitative estimate of drug-likeness (QED) is 0.623. The van der Waals surface area contributed by atoms with Crippen LogP contribution in [0.3, 0.4) is 0 Å². The van der Waals surface area contributed by atoms with Crippen LogP contribution in [-0.2, 0) is 9.59 Å². The second-order valence-corrected chi connectivity index (χ2v) is 5.69. The summed E-state index contributed by atoms with van der Waals surface area (Å²) in [5.74, 6) is 0.842. The normalized spacial score (nSPS) is 10.7. The zero-order valence-corrected chi connectivity index (χ0v) is 12.5. The first-order chi connectivity index (χ1) is 8.49. The van der Waals surface area contributed by atoms with E-state index in [2.05, 4.69) is 6.92 Å². The van der Waals surface area contributed by atoms with E-state index in [9.17, 15) is 9.59 Å². The molecule has 0 heterocycles. The van der Waals surface area contributed by atoms with Gasteiger partial charge in [-0.3, -0.25) is 9.59 Å². The van der Waals surface area contributed by atoms with Crippen LogP contribution in [0.4, 0.5) is 0 Å². The van der Waals surface area contributed by atoms with E-state index in [1.807, 2.05) is 13.8 Å². The predicted octanol–water partition coefficient (Wildman–Crippen LogP) is 2.62. The lowest BCUT2D eigenvalue weighted by Gasteiger charge is -2.26. The number of carbonyl (C=O) groups excluding carboxylic acids is 1. The van der Waals surface area contributed by atoms with E-state index in [0.717, 1.165) is 18.6 Å². The average molecular weight is 275 g/mol. The zero-order chi connectivity index (χ0) is 14.0. The minimum absolute atomic E-state index is 0.122. The Morgan fingerprint density at radius 1 is 1.28 bits per heavy atom. The molecule has 5 heteroatoms. The molecule has 0 atom stereocenters. The Morgan fingerprint density at radius 3 is 2.44 bits per heavy atom. The van der Waals surface area contributed by atoms with Crippen molar-refractivity contribution >= 4 is 23.6 Å². The molecule has 0 aromatic carbocycles. The molecule has 0 aromatic heterocycles. The van der Waals surface area contributed by atoms with E-state index in [0.29, 0.717) is 18.7 Å². The molecule has 0 saturated heterocycles. The van der Waals surface area contributed by atoms with Crippen LogP contribution in [0.2, 0.25) is 0 Å². The maximum atomic E-state index is 12.0. The van der Waals surface area contributed by atoms with E-state index in [1.165, 1.54) is 0 Å². The lowest BCUT2D eigenvalue weighted by molar-refractivity contribution is -0.138. The van der Waals surface area contributed by atoms with E-state index < -0.39 is 5.97 Å². The summed E-state index contributed by atoms with van der Waals surface area (Å²) in [4.78, 5) is 24.2. The summed E-state index contributed by atoms with van der Waals surface area (Å²) in [5.41, 5.74) is 0. The molecule has 1 N–H and O–H groups in total. The molecule has 0 aliphatic carbocycles. The summed E-state index contributed by atoms with van der Waals surface area (Å²) in [6.45, 7) is 6.61. The Hall–Kier alpha value is -0.710. The number of carboxylic acid groups (broad SMARTS) is 1. The van der Waals surface area contributed by atoms with Gasteiger partial charge in [-0.05, 0) is 32.4 Å². The lowest BCUT2D eigenvalue weighted by Crippen LogP contribution is -2.39. The molecule has 18 heavy (non-hydrogen) atoms. The summed E-state index contributed by atoms with van der Waals surface area (Å²) in [6.07, 6.45) is 2.94. The predicted molar refractivity (Wildman–Crippen MR) is 76.0 cm³/mol. The molecule has 4 nitrogen and oxygen atoms in total. The highest BCUT2D eigenvalue weighted by molar-refractivity contribution is 7.99. The Bertz CT molecular complexity index is 257. The summed E-state index contributed by atoms with van der Waals surface area (Å²) in [5, 5.41) is 8.60. The summed E-state index contributed by atoms with van der Waals surface area (Å²) in [7, 11) is 0. The topological polar surface area (TPSA) is 57.6 Å². The second kappa shape index (κ2) is 10.2. The van der Waals surface area contributed by atoms with Gasteiger partial charge in [0.15, 0.2) is 0 Å². The van der Waals surface area contributed by atoms with Crippen molar-refractivity contribution < 1.29 is 14.7 Å². The molecular weight excluding hydrogens is 250 g/mol. The molecule has 106 valence electrons. The molecule has 0 aliphatic rings. The number of aliphatic carboxylic acids is 1. The highest BCUT2D eigenvalue weighted by Gasteiger charge is 2.16. The van der Waals surface area contributed by atoms with Crippen molar-refractivity contribution in [1.82, 2.24) is 4.90 Å². The number of thioether (sulfide) groups is 1. The van der Waals surface area contributed by atoms with Crippen LogP contribution in [-0.4, -0.2) is 46.0 Å². The van der Waals surface area contributed by atoms with Gasteiger partial charge in [0.05, 0.1) is 5.75 Å². The maximum Gasteiger partial charge on any atom is 0.303 e. The SMILES string of the molecule is CCCCSCC(=O)N(CCCC(=O)O)C(C)C. The Kier molecular flexibility index (Phi) is 9.83. The molecule has 0 radical (unpaired) electrons. The average Bonchev–Trinajstić information content (AvgIpc) is 2.29. The van der Waals surface area contributed by atoms with Gasteiger partial charge < -0.3 is 10.0 Å². The van der Waals surface area contributed by atoms with Crippen molar-refractivity contribution in [1.29, 1.82) is 0 Å². The molecule has 0 unspecified atom stereocenters. The number of carbonyl (C=O) groups is 2. The van der Waals surface area contributed by atoms with Crippen LogP contribution in [0, 0.1) is 0 Å². The largest absolute Gasteiger partial charge is 0.481 e. The standard InChI is InChI=1S/C13H25NO3S/c1-4-5-9-18-10-12(15)14(11(2)3)8-6-7-13(16)17/h11H,4-10H2,1-3H3,(H,16,17). The highest BCUT2D eigenvalue weighted by atomic mass is 32.2. The monoisotopic (exact) mass is 275 g/mol. The van der Waals surface area contributed by atoms with Crippen LogP contribution in [0.15, 0.2) is 0 Å². The first kappa shape index (κ1) is 17.3. The van der Waals surface area contributed by atoms with Crippen LogP contribution in [0.5, 0.6) is 0 Å². The maximum absolute atomic E-state index is 12.0. The number of amides is 1. The summed E-state index contributed by atoms with van der Waals surface area (Å²) >= 11 is 1.66. The van der Waals surface area contributed by atoms with Gasteiger partial charge in [-0.2, -0.15) is 11.8 Å². The van der Waals surface area contributed by atoms with Gasteiger partial charge in [0.25, 0.3) is 0 Å². The van der Waals surface area contributed by atoms with E-state index >= 15 is 0 Å². The number of rotatable bonds is 10. The van der Waals surface area contributed by atoms with Crippen molar-refractivity contribution in [3.05, 3.63) is 0 Å². The van der Waals surface area contributed by atoms with E-state index in [1.54, 1.807) is 16.7 Å². The molecule has 0 aliphatic heterocycles. The van der Waals surface area contributed by atoms with Gasteiger partial charge >= 0.3 is 5.97 Å². The first-order valence-corrected chi connectivity index (χ1v) is 7.73. The zero-order valence-electron chi connectivity index (χ0n) is 11.6. The van der Waals surface area contributed by atoms with Crippen molar-refractivity contribution in [3.8, 4) is 0 Å². The third-order valence-electron chi connectivity index (χ3n) is 2.60. The second-order valence-electron chi connectivity index (χ2n) is 4.58. The Morgan fingerprint density at radius 2 is 1.94 bits per heavy atom. The molecule has 0 fully saturated rings. The molecular formula is C13H25NO3S. The number of hydrogen-bond acceptors (Lipinski definition) is 3. The van der Waals surface area contributed by atoms with Gasteiger partial charge in [-0.1, -0.05) is 13.3 Å². The van der Waals surface area contributed by atoms with Crippen LogP contribution in [0.1, 0.15) is 46.5 Å². The van der Waals surface area contributed by atoms with Gasteiger partial charge in [0.2, 0.25) is 5.91 Å². The molecule has 1 amide bonds. The highest BCUT2D eigenvalue weighted by Crippen LogP contribution is 2.09. The minimum Gasteiger partial charge on any atom is -0.481 e. The fraction of sp³-hybridized carbons (Fsp3) is 0.846. The molecule has 0 spiro atoms. The fourth-order valence-corrected chi connectivity index (χ4v) is 2.54. The Balaban J connectivity index is 3.99. The van der Waals surface area contributed by atoms with Crippen molar-refractivity contribution in [2.24, 2.45) is 0 Å². The van der Waals surface area contributed by atoms with Crippen molar-refractivity contribution in [2.75, 3.05) is 18.1 Å². The van der Waals surface area contributed by atoms with Crippen LogP contribution in [0.25, 0.3) is 0 Å². The van der Waals surface area contributed by atoms with E-state index in [4.69, 9.17) is 5.11 Å². The smallest absolute Gasteiger partial charge is 0.303 e. The third kappa shape index (κ3) is 8.39. The number of carboxylic acids is 1. The Labute approximate surface area is 114 Å². The van der Waals surface area contributed by atoms with Crippen LogP contribution >= 0.6 is 11.8 Å². The molecule has 0 saturated carbocycles. The van der Waals surface area contributed by atoms with Crippen LogP contribution < -0.4 is 0 Å². The van der Waals surface area contributed by atoms with Gasteiger partial charge in [-0.15, -0.1) is 0 Å². The molecule has 0 bridgehead atoms. The van der Waals surface area contributed by atoms with Crippen molar-refractivity contribution in [3.63, 3.8) is 0 Å². The fourth-order valence-electron chi connectivity index (χ4n) is 1.56. The number of hydrogen-bond donors (Lipinski definition) is 1. The van der Waals surface area contributed by atoms with Gasteiger partial charge in [0.1, 0.15) is 0 Å². The minimum atomic E-state index is -0.802. The van der Waals surface area contributed by atoms with Gasteiger partial charge in [0, 0.05) is 19.0 Å².